The molecule has 0 aliphatic heterocycles. The molecule has 0 saturated carbocycles. The van der Waals surface area contributed by atoms with Crippen LogP contribution in [0.3, 0.4) is 0 Å². The van der Waals surface area contributed by atoms with E-state index >= 15 is 0 Å². The smallest absolute Gasteiger partial charge is 0.240 e. The number of hydrogen-bond donors (Lipinski definition) is 2. The average Bonchev–Trinajstić information content (AvgIpc) is 2.34. The maximum absolute atomic E-state index is 12.0. The van der Waals surface area contributed by atoms with Gasteiger partial charge in [0.15, 0.2) is 0 Å². The summed E-state index contributed by atoms with van der Waals surface area (Å²) in [6.45, 7) is 1.37. The minimum absolute atomic E-state index is 0.234. The van der Waals surface area contributed by atoms with Crippen LogP contribution < -0.4 is 14.4 Å². The quantitative estimate of drug-likeness (QED) is 0.693. The van der Waals surface area contributed by atoms with Crippen LogP contribution in [-0.4, -0.2) is 42.7 Å². The van der Waals surface area contributed by atoms with E-state index in [1.54, 1.807) is 12.1 Å². The lowest BCUT2D eigenvalue weighted by Gasteiger charge is -2.10. The molecule has 0 unspecified atom stereocenters. The Balaban J connectivity index is 2.69. The second-order valence-corrected chi connectivity index (χ2v) is 7.13. The van der Waals surface area contributed by atoms with E-state index in [9.17, 15) is 8.42 Å². The van der Waals surface area contributed by atoms with Crippen molar-refractivity contribution in [2.45, 2.75) is 11.3 Å². The SMILES string of the molecule is COc1ccc(S(=O)(=O)NCCC[NH+](C)C)cc1Br. The number of benzene rings is 1. The van der Waals surface area contributed by atoms with Crippen LogP contribution in [0.2, 0.25) is 0 Å². The summed E-state index contributed by atoms with van der Waals surface area (Å²) in [6.07, 6.45) is 0.804. The molecule has 0 bridgehead atoms. The van der Waals surface area contributed by atoms with Crippen LogP contribution in [0, 0.1) is 0 Å². The van der Waals surface area contributed by atoms with Gasteiger partial charge in [-0.15, -0.1) is 0 Å². The predicted molar refractivity (Wildman–Crippen MR) is 78.2 cm³/mol. The standard InChI is InChI=1S/C12H19BrN2O3S/c1-15(2)8-4-7-14-19(16,17)10-5-6-12(18-3)11(13)9-10/h5-6,9,14H,4,7-8H2,1-3H3/p+1. The van der Waals surface area contributed by atoms with Crippen LogP contribution in [0.5, 0.6) is 5.75 Å². The van der Waals surface area contributed by atoms with Gasteiger partial charge in [0.05, 0.1) is 37.1 Å². The summed E-state index contributed by atoms with van der Waals surface area (Å²) in [5.74, 6) is 0.607. The van der Waals surface area contributed by atoms with Crippen molar-refractivity contribution in [3.8, 4) is 5.75 Å². The van der Waals surface area contributed by atoms with Gasteiger partial charge in [-0.25, -0.2) is 13.1 Å². The average molecular weight is 352 g/mol. The van der Waals surface area contributed by atoms with Gasteiger partial charge < -0.3 is 9.64 Å². The monoisotopic (exact) mass is 351 g/mol. The number of hydrogen-bond acceptors (Lipinski definition) is 3. The highest BCUT2D eigenvalue weighted by atomic mass is 79.9. The Morgan fingerprint density at radius 3 is 2.58 bits per heavy atom. The topological polar surface area (TPSA) is 59.8 Å². The van der Waals surface area contributed by atoms with Crippen molar-refractivity contribution in [3.63, 3.8) is 0 Å². The molecule has 108 valence electrons. The summed E-state index contributed by atoms with van der Waals surface area (Å²) in [5, 5.41) is 0. The Morgan fingerprint density at radius 2 is 2.05 bits per heavy atom. The highest BCUT2D eigenvalue weighted by molar-refractivity contribution is 9.10. The highest BCUT2D eigenvalue weighted by Gasteiger charge is 2.15. The fraction of sp³-hybridized carbons (Fsp3) is 0.500. The van der Waals surface area contributed by atoms with Crippen LogP contribution >= 0.6 is 15.9 Å². The van der Waals surface area contributed by atoms with Crippen molar-refractivity contribution in [1.29, 1.82) is 0 Å². The van der Waals surface area contributed by atoms with Gasteiger partial charge in [-0.05, 0) is 34.1 Å². The van der Waals surface area contributed by atoms with Gasteiger partial charge in [-0.3, -0.25) is 0 Å². The number of quaternary nitrogens is 1. The molecule has 0 aliphatic rings. The first kappa shape index (κ1) is 16.4. The minimum Gasteiger partial charge on any atom is -0.496 e. The Hall–Kier alpha value is -0.630. The van der Waals surface area contributed by atoms with E-state index in [-0.39, 0.29) is 4.90 Å². The van der Waals surface area contributed by atoms with E-state index in [0.29, 0.717) is 16.8 Å². The number of rotatable bonds is 7. The molecule has 2 N–H and O–H groups in total. The Morgan fingerprint density at radius 1 is 1.37 bits per heavy atom. The summed E-state index contributed by atoms with van der Waals surface area (Å²) in [7, 11) is 2.16. The predicted octanol–water partition coefficient (Wildman–Crippen LogP) is 0.271. The van der Waals surface area contributed by atoms with Gasteiger partial charge in [0.2, 0.25) is 10.0 Å². The maximum atomic E-state index is 12.0. The van der Waals surface area contributed by atoms with Crippen molar-refractivity contribution in [2.24, 2.45) is 0 Å². The molecule has 0 aliphatic carbocycles. The highest BCUT2D eigenvalue weighted by Crippen LogP contribution is 2.27. The molecule has 0 fully saturated rings. The summed E-state index contributed by atoms with van der Waals surface area (Å²) in [4.78, 5) is 1.53. The number of sulfonamides is 1. The van der Waals surface area contributed by atoms with Gasteiger partial charge >= 0.3 is 0 Å². The van der Waals surface area contributed by atoms with E-state index in [1.165, 1.54) is 18.1 Å². The minimum atomic E-state index is -3.45. The fourth-order valence-electron chi connectivity index (χ4n) is 1.55. The number of ether oxygens (including phenoxy) is 1. The third-order valence-corrected chi connectivity index (χ3v) is 4.66. The second-order valence-electron chi connectivity index (χ2n) is 4.50. The lowest BCUT2D eigenvalue weighted by Crippen LogP contribution is -3.05. The number of methoxy groups -OCH3 is 1. The van der Waals surface area contributed by atoms with Crippen LogP contribution in [0.15, 0.2) is 27.6 Å². The first-order valence-electron chi connectivity index (χ1n) is 5.99. The molecule has 0 amide bonds. The van der Waals surface area contributed by atoms with Crippen LogP contribution in [0.25, 0.3) is 0 Å². The van der Waals surface area contributed by atoms with E-state index in [0.717, 1.165) is 13.0 Å². The summed E-state index contributed by atoms with van der Waals surface area (Å²) >= 11 is 3.28. The Kier molecular flexibility index (Phi) is 6.25. The van der Waals surface area contributed by atoms with Gasteiger partial charge in [-0.2, -0.15) is 0 Å². The molecule has 0 heterocycles. The molecule has 19 heavy (non-hydrogen) atoms. The molecule has 0 atom stereocenters. The number of halogens is 1. The molecule has 1 rings (SSSR count). The van der Waals surface area contributed by atoms with Crippen molar-refractivity contribution in [1.82, 2.24) is 4.72 Å². The summed E-state index contributed by atoms with van der Waals surface area (Å²) in [6, 6.07) is 4.70. The molecule has 0 saturated heterocycles. The van der Waals surface area contributed by atoms with Crippen molar-refractivity contribution < 1.29 is 18.1 Å². The second kappa shape index (κ2) is 7.23. The zero-order valence-electron chi connectivity index (χ0n) is 11.4. The molecule has 0 aromatic heterocycles. The summed E-state index contributed by atoms with van der Waals surface area (Å²) in [5.41, 5.74) is 0. The third kappa shape index (κ3) is 5.10. The van der Waals surface area contributed by atoms with Gasteiger partial charge in [-0.1, -0.05) is 0 Å². The zero-order valence-corrected chi connectivity index (χ0v) is 13.8. The zero-order chi connectivity index (χ0) is 14.5. The van der Waals surface area contributed by atoms with E-state index in [4.69, 9.17) is 4.74 Å². The third-order valence-electron chi connectivity index (χ3n) is 2.58. The molecule has 0 radical (unpaired) electrons. The van der Waals surface area contributed by atoms with Gasteiger partial charge in [0.1, 0.15) is 5.75 Å². The molecule has 1 aromatic rings. The van der Waals surface area contributed by atoms with Crippen molar-refractivity contribution in [2.75, 3.05) is 34.3 Å². The summed E-state index contributed by atoms with van der Waals surface area (Å²) < 4.78 is 32.4. The van der Waals surface area contributed by atoms with Crippen molar-refractivity contribution >= 4 is 26.0 Å². The van der Waals surface area contributed by atoms with E-state index < -0.39 is 10.0 Å². The van der Waals surface area contributed by atoms with Crippen LogP contribution in [0.4, 0.5) is 0 Å². The van der Waals surface area contributed by atoms with Crippen LogP contribution in [0.1, 0.15) is 6.42 Å². The molecular weight excluding hydrogens is 332 g/mol. The number of nitrogens with one attached hydrogen (secondary N) is 2. The largest absolute Gasteiger partial charge is 0.496 e. The normalized spacial score (nSPS) is 11.8. The van der Waals surface area contributed by atoms with Crippen molar-refractivity contribution in [3.05, 3.63) is 22.7 Å². The molecule has 0 spiro atoms. The first-order valence-corrected chi connectivity index (χ1v) is 8.26. The molecular formula is C12H20BrN2O3S+. The molecule has 1 aromatic carbocycles. The van der Waals surface area contributed by atoms with E-state index in [2.05, 4.69) is 20.7 Å². The Bertz CT molecular complexity index is 518. The van der Waals surface area contributed by atoms with E-state index in [1.807, 2.05) is 14.1 Å². The maximum Gasteiger partial charge on any atom is 0.240 e. The first-order chi connectivity index (χ1) is 8.86. The Labute approximate surface area is 123 Å². The molecule has 7 heteroatoms. The fourth-order valence-corrected chi connectivity index (χ4v) is 3.34. The van der Waals surface area contributed by atoms with Crippen LogP contribution in [-0.2, 0) is 10.0 Å². The van der Waals surface area contributed by atoms with Gasteiger partial charge in [0.25, 0.3) is 0 Å². The lowest BCUT2D eigenvalue weighted by atomic mass is 10.3. The van der Waals surface area contributed by atoms with Gasteiger partial charge in [0, 0.05) is 13.0 Å². The lowest BCUT2D eigenvalue weighted by molar-refractivity contribution is -0.858. The molecule has 5 nitrogen and oxygen atoms in total.